The van der Waals surface area contributed by atoms with Crippen LogP contribution in [0.3, 0.4) is 0 Å². The van der Waals surface area contributed by atoms with E-state index in [4.69, 9.17) is 0 Å². The normalized spacial score (nSPS) is 12.5. The first-order chi connectivity index (χ1) is 8.97. The summed E-state index contributed by atoms with van der Waals surface area (Å²) in [7, 11) is 0. The number of aliphatic hydroxyl groups is 1. The number of aliphatic hydroxyl groups excluding tert-OH is 1. The van der Waals surface area contributed by atoms with Gasteiger partial charge in [0.05, 0.1) is 6.10 Å². The molecule has 0 fully saturated rings. The van der Waals surface area contributed by atoms with E-state index < -0.39 is 6.10 Å². The lowest BCUT2D eigenvalue weighted by Crippen LogP contribution is -2.04. The van der Waals surface area contributed by atoms with Gasteiger partial charge in [-0.15, -0.1) is 0 Å². The highest BCUT2D eigenvalue weighted by molar-refractivity contribution is 9.10. The third-order valence-corrected chi connectivity index (χ3v) is 3.73. The second kappa shape index (κ2) is 5.80. The molecule has 19 heavy (non-hydrogen) atoms. The third kappa shape index (κ3) is 3.39. The van der Waals surface area contributed by atoms with Gasteiger partial charge >= 0.3 is 0 Å². The van der Waals surface area contributed by atoms with Crippen LogP contribution in [0, 0.1) is 18.6 Å². The monoisotopic (exact) mass is 326 g/mol. The summed E-state index contributed by atoms with van der Waals surface area (Å²) in [6.07, 6.45) is -0.524. The molecule has 0 radical (unpaired) electrons. The minimum atomic E-state index is -0.810. The van der Waals surface area contributed by atoms with E-state index in [9.17, 15) is 13.9 Å². The first kappa shape index (κ1) is 14.2. The molecule has 0 aliphatic carbocycles. The number of hydrogen-bond donors (Lipinski definition) is 1. The minimum absolute atomic E-state index is 0.286. The predicted molar refractivity (Wildman–Crippen MR) is 73.9 cm³/mol. The summed E-state index contributed by atoms with van der Waals surface area (Å²) in [5.74, 6) is -0.698. The van der Waals surface area contributed by atoms with Gasteiger partial charge in [0.25, 0.3) is 0 Å². The van der Waals surface area contributed by atoms with E-state index in [1.807, 2.05) is 6.92 Å². The maximum atomic E-state index is 13.2. The summed E-state index contributed by atoms with van der Waals surface area (Å²) >= 11 is 3.22. The first-order valence-electron chi connectivity index (χ1n) is 5.85. The molecule has 1 atom stereocenters. The maximum absolute atomic E-state index is 13.2. The summed E-state index contributed by atoms with van der Waals surface area (Å²) in [6.45, 7) is 1.86. The molecule has 0 aliphatic rings. The van der Waals surface area contributed by atoms with Crippen molar-refractivity contribution in [1.82, 2.24) is 0 Å². The zero-order valence-corrected chi connectivity index (χ0v) is 11.9. The van der Waals surface area contributed by atoms with Crippen molar-refractivity contribution in [2.75, 3.05) is 0 Å². The average Bonchev–Trinajstić information content (AvgIpc) is 2.33. The van der Waals surface area contributed by atoms with Crippen LogP contribution in [-0.2, 0) is 6.42 Å². The lowest BCUT2D eigenvalue weighted by Gasteiger charge is -2.14. The second-order valence-corrected chi connectivity index (χ2v) is 5.31. The highest BCUT2D eigenvalue weighted by atomic mass is 79.9. The molecule has 0 saturated heterocycles. The van der Waals surface area contributed by atoms with Gasteiger partial charge in [0, 0.05) is 10.9 Å². The number of aryl methyl sites for hydroxylation is 1. The molecule has 2 aromatic rings. The highest BCUT2D eigenvalue weighted by Gasteiger charge is 2.14. The van der Waals surface area contributed by atoms with E-state index in [1.165, 1.54) is 30.3 Å². The van der Waals surface area contributed by atoms with Crippen molar-refractivity contribution in [3.63, 3.8) is 0 Å². The van der Waals surface area contributed by atoms with Gasteiger partial charge in [-0.3, -0.25) is 0 Å². The Labute approximate surface area is 119 Å². The Morgan fingerprint density at radius 3 is 2.42 bits per heavy atom. The van der Waals surface area contributed by atoms with Crippen LogP contribution in [0.5, 0.6) is 0 Å². The van der Waals surface area contributed by atoms with Crippen molar-refractivity contribution in [1.29, 1.82) is 0 Å². The highest BCUT2D eigenvalue weighted by Crippen LogP contribution is 2.27. The molecule has 2 aromatic carbocycles. The second-order valence-electron chi connectivity index (χ2n) is 4.46. The Kier molecular flexibility index (Phi) is 4.32. The molecule has 0 bridgehead atoms. The number of rotatable bonds is 3. The SMILES string of the molecule is Cc1ccc(F)cc1CC(O)c1ccc(F)cc1Br. The third-order valence-electron chi connectivity index (χ3n) is 3.05. The van der Waals surface area contributed by atoms with Gasteiger partial charge in [0.15, 0.2) is 0 Å². The molecule has 0 aromatic heterocycles. The largest absolute Gasteiger partial charge is 0.388 e. The molecular formula is C15H13BrF2O. The molecular weight excluding hydrogens is 314 g/mol. The molecule has 1 nitrogen and oxygen atoms in total. The molecule has 1 unspecified atom stereocenters. The molecule has 0 aliphatic heterocycles. The summed E-state index contributed by atoms with van der Waals surface area (Å²) in [4.78, 5) is 0. The summed E-state index contributed by atoms with van der Waals surface area (Å²) in [5.41, 5.74) is 2.24. The van der Waals surface area contributed by atoms with Crippen LogP contribution in [0.15, 0.2) is 40.9 Å². The molecule has 0 saturated carbocycles. The molecule has 0 amide bonds. The zero-order chi connectivity index (χ0) is 14.0. The van der Waals surface area contributed by atoms with Crippen LogP contribution in [0.25, 0.3) is 0 Å². The lowest BCUT2D eigenvalue weighted by atomic mass is 9.98. The Morgan fingerprint density at radius 1 is 1.11 bits per heavy atom. The van der Waals surface area contributed by atoms with Crippen molar-refractivity contribution in [3.8, 4) is 0 Å². The van der Waals surface area contributed by atoms with E-state index in [1.54, 1.807) is 6.07 Å². The molecule has 0 spiro atoms. The number of benzene rings is 2. The molecule has 2 rings (SSSR count). The average molecular weight is 327 g/mol. The molecule has 1 N–H and O–H groups in total. The zero-order valence-electron chi connectivity index (χ0n) is 10.3. The van der Waals surface area contributed by atoms with Gasteiger partial charge in [-0.25, -0.2) is 8.78 Å². The Hall–Kier alpha value is -1.26. The van der Waals surface area contributed by atoms with Gasteiger partial charge in [-0.05, 0) is 47.9 Å². The first-order valence-corrected chi connectivity index (χ1v) is 6.64. The van der Waals surface area contributed by atoms with Crippen LogP contribution < -0.4 is 0 Å². The Morgan fingerprint density at radius 2 is 1.74 bits per heavy atom. The van der Waals surface area contributed by atoms with Crippen molar-refractivity contribution in [3.05, 3.63) is 69.2 Å². The summed E-state index contributed by atoms with van der Waals surface area (Å²) in [5, 5.41) is 10.2. The van der Waals surface area contributed by atoms with E-state index in [0.29, 0.717) is 10.0 Å². The van der Waals surface area contributed by atoms with Gasteiger partial charge in [0.1, 0.15) is 11.6 Å². The van der Waals surface area contributed by atoms with E-state index in [2.05, 4.69) is 15.9 Å². The summed E-state index contributed by atoms with van der Waals surface area (Å²) in [6, 6.07) is 8.60. The molecule has 100 valence electrons. The van der Waals surface area contributed by atoms with Gasteiger partial charge in [0.2, 0.25) is 0 Å². The van der Waals surface area contributed by atoms with Crippen molar-refractivity contribution >= 4 is 15.9 Å². The molecule has 0 heterocycles. The van der Waals surface area contributed by atoms with E-state index in [0.717, 1.165) is 11.1 Å². The molecule has 4 heteroatoms. The van der Waals surface area contributed by atoms with Crippen molar-refractivity contribution in [2.45, 2.75) is 19.4 Å². The van der Waals surface area contributed by atoms with Gasteiger partial charge in [-0.1, -0.05) is 28.1 Å². The summed E-state index contributed by atoms with van der Waals surface area (Å²) < 4.78 is 26.7. The standard InChI is InChI=1S/C15H13BrF2O/c1-9-2-3-11(17)6-10(9)7-15(19)13-5-4-12(18)8-14(13)16/h2-6,8,15,19H,7H2,1H3. The minimum Gasteiger partial charge on any atom is -0.388 e. The number of halogens is 3. The van der Waals surface area contributed by atoms with Crippen LogP contribution in [0.2, 0.25) is 0 Å². The van der Waals surface area contributed by atoms with Gasteiger partial charge < -0.3 is 5.11 Å². The fraction of sp³-hybridized carbons (Fsp3) is 0.200. The Balaban J connectivity index is 2.25. The van der Waals surface area contributed by atoms with Crippen LogP contribution >= 0.6 is 15.9 Å². The smallest absolute Gasteiger partial charge is 0.124 e. The predicted octanol–water partition coefficient (Wildman–Crippen LogP) is 4.31. The quantitative estimate of drug-likeness (QED) is 0.891. The Bertz CT molecular complexity index is 599. The van der Waals surface area contributed by atoms with E-state index in [-0.39, 0.29) is 18.1 Å². The maximum Gasteiger partial charge on any atom is 0.124 e. The van der Waals surface area contributed by atoms with Crippen LogP contribution in [-0.4, -0.2) is 5.11 Å². The van der Waals surface area contributed by atoms with Crippen molar-refractivity contribution in [2.24, 2.45) is 0 Å². The number of hydrogen-bond acceptors (Lipinski definition) is 1. The van der Waals surface area contributed by atoms with Crippen molar-refractivity contribution < 1.29 is 13.9 Å². The van der Waals surface area contributed by atoms with Crippen LogP contribution in [0.1, 0.15) is 22.8 Å². The lowest BCUT2D eigenvalue weighted by molar-refractivity contribution is 0.177. The van der Waals surface area contributed by atoms with E-state index >= 15 is 0 Å². The van der Waals surface area contributed by atoms with Crippen LogP contribution in [0.4, 0.5) is 8.78 Å². The fourth-order valence-electron chi connectivity index (χ4n) is 1.95. The fourth-order valence-corrected chi connectivity index (χ4v) is 2.57. The van der Waals surface area contributed by atoms with Gasteiger partial charge in [-0.2, -0.15) is 0 Å². The topological polar surface area (TPSA) is 20.2 Å².